The van der Waals surface area contributed by atoms with Crippen LogP contribution in [0.5, 0.6) is 0 Å². The molecule has 3 rings (SSSR count). The Balaban J connectivity index is 0.00000132. The second kappa shape index (κ2) is 9.80. The van der Waals surface area contributed by atoms with E-state index < -0.39 is 0 Å². The molecule has 1 aromatic carbocycles. The second-order valence-corrected chi connectivity index (χ2v) is 6.21. The maximum Gasteiger partial charge on any atom is 0.128 e. The van der Waals surface area contributed by atoms with Gasteiger partial charge in [0, 0.05) is 51.0 Å². The number of halogens is 3. The lowest BCUT2D eigenvalue weighted by atomic mass is 9.85. The lowest BCUT2D eigenvalue weighted by Gasteiger charge is -2.41. The third-order valence-corrected chi connectivity index (χ3v) is 4.73. The van der Waals surface area contributed by atoms with Gasteiger partial charge in [-0.05, 0) is 31.7 Å². The summed E-state index contributed by atoms with van der Waals surface area (Å²) in [7, 11) is 0. The molecule has 1 aromatic rings. The summed E-state index contributed by atoms with van der Waals surface area (Å²) in [5.74, 6) is 0.434. The Hall–Kier alpha value is -0.390. The number of ether oxygens (including phenoxy) is 1. The van der Waals surface area contributed by atoms with Crippen molar-refractivity contribution in [3.63, 3.8) is 0 Å². The maximum atomic E-state index is 14.5. The minimum Gasteiger partial charge on any atom is -0.381 e. The van der Waals surface area contributed by atoms with E-state index in [1.165, 1.54) is 0 Å². The van der Waals surface area contributed by atoms with Gasteiger partial charge in [-0.15, -0.1) is 24.8 Å². The van der Waals surface area contributed by atoms with Crippen LogP contribution in [0, 0.1) is 18.7 Å². The highest BCUT2D eigenvalue weighted by Gasteiger charge is 2.32. The molecule has 0 spiro atoms. The number of rotatable bonds is 3. The Morgan fingerprint density at radius 2 is 1.83 bits per heavy atom. The molecule has 2 saturated heterocycles. The van der Waals surface area contributed by atoms with Gasteiger partial charge in [-0.2, -0.15) is 0 Å². The molecule has 3 nitrogen and oxygen atoms in total. The van der Waals surface area contributed by atoms with Crippen LogP contribution in [-0.4, -0.2) is 44.3 Å². The first kappa shape index (κ1) is 20.7. The van der Waals surface area contributed by atoms with Crippen molar-refractivity contribution in [2.24, 2.45) is 5.92 Å². The highest BCUT2D eigenvalue weighted by atomic mass is 35.5. The third-order valence-electron chi connectivity index (χ3n) is 4.73. The van der Waals surface area contributed by atoms with Crippen molar-refractivity contribution in [2.45, 2.75) is 25.8 Å². The zero-order valence-corrected chi connectivity index (χ0v) is 15.2. The summed E-state index contributed by atoms with van der Waals surface area (Å²) >= 11 is 0. The molecule has 0 bridgehead atoms. The predicted molar refractivity (Wildman–Crippen MR) is 96.4 cm³/mol. The van der Waals surface area contributed by atoms with Gasteiger partial charge in [0.2, 0.25) is 0 Å². The van der Waals surface area contributed by atoms with E-state index in [0.717, 1.165) is 63.4 Å². The van der Waals surface area contributed by atoms with E-state index in [2.05, 4.69) is 10.2 Å². The number of hydrogen-bond donors (Lipinski definition) is 1. The van der Waals surface area contributed by atoms with Crippen LogP contribution in [0.3, 0.4) is 0 Å². The summed E-state index contributed by atoms with van der Waals surface area (Å²) in [6.07, 6.45) is 2.06. The van der Waals surface area contributed by atoms with Gasteiger partial charge in [0.15, 0.2) is 0 Å². The fourth-order valence-corrected chi connectivity index (χ4v) is 3.63. The summed E-state index contributed by atoms with van der Waals surface area (Å²) in [6.45, 7) is 7.63. The third kappa shape index (κ3) is 5.04. The topological polar surface area (TPSA) is 24.5 Å². The van der Waals surface area contributed by atoms with E-state index in [-0.39, 0.29) is 36.7 Å². The SMILES string of the molecule is Cc1ccc(F)c([C@H](C2CCOCC2)N2CCNCC2)c1.Cl.Cl. The zero-order chi connectivity index (χ0) is 14.7. The molecule has 1 N–H and O–H groups in total. The van der Waals surface area contributed by atoms with Crippen molar-refractivity contribution in [1.82, 2.24) is 10.2 Å². The fourth-order valence-electron chi connectivity index (χ4n) is 3.63. The van der Waals surface area contributed by atoms with Crippen molar-refractivity contribution < 1.29 is 9.13 Å². The first-order chi connectivity index (χ1) is 10.3. The molecule has 2 aliphatic rings. The molecule has 0 saturated carbocycles. The van der Waals surface area contributed by atoms with Crippen LogP contribution in [0.15, 0.2) is 18.2 Å². The van der Waals surface area contributed by atoms with Gasteiger partial charge in [-0.3, -0.25) is 4.90 Å². The number of nitrogens with zero attached hydrogens (tertiary/aromatic N) is 1. The van der Waals surface area contributed by atoms with Gasteiger partial charge in [0.1, 0.15) is 5.82 Å². The van der Waals surface area contributed by atoms with Crippen molar-refractivity contribution in [1.29, 1.82) is 0 Å². The Kier molecular flexibility index (Phi) is 8.80. The van der Waals surface area contributed by atoms with Crippen LogP contribution < -0.4 is 5.32 Å². The number of piperazine rings is 1. The van der Waals surface area contributed by atoms with Crippen molar-refractivity contribution >= 4 is 24.8 Å². The molecule has 6 heteroatoms. The van der Waals surface area contributed by atoms with Gasteiger partial charge >= 0.3 is 0 Å². The number of hydrogen-bond acceptors (Lipinski definition) is 3. The monoisotopic (exact) mass is 364 g/mol. The molecule has 0 unspecified atom stereocenters. The molecule has 0 amide bonds. The number of aryl methyl sites for hydroxylation is 1. The molecule has 0 aromatic heterocycles. The normalized spacial score (nSPS) is 21.1. The van der Waals surface area contributed by atoms with Crippen molar-refractivity contribution in [3.05, 3.63) is 35.1 Å². The minimum absolute atomic E-state index is 0. The number of nitrogens with one attached hydrogen (secondary N) is 1. The van der Waals surface area contributed by atoms with E-state index in [9.17, 15) is 4.39 Å². The fraction of sp³-hybridized carbons (Fsp3) is 0.647. The van der Waals surface area contributed by atoms with Crippen LogP contribution in [0.4, 0.5) is 4.39 Å². The molecule has 23 heavy (non-hydrogen) atoms. The molecule has 1 atom stereocenters. The van der Waals surface area contributed by atoms with Crippen LogP contribution in [-0.2, 0) is 4.74 Å². The molecular formula is C17H27Cl2FN2O. The molecule has 2 aliphatic heterocycles. The summed E-state index contributed by atoms with van der Waals surface area (Å²) in [5.41, 5.74) is 2.02. The largest absolute Gasteiger partial charge is 0.381 e. The second-order valence-electron chi connectivity index (χ2n) is 6.21. The lowest BCUT2D eigenvalue weighted by molar-refractivity contribution is 0.0203. The molecule has 132 valence electrons. The van der Waals surface area contributed by atoms with E-state index in [0.29, 0.717) is 5.92 Å². The zero-order valence-electron chi connectivity index (χ0n) is 13.6. The molecule has 0 radical (unpaired) electrons. The van der Waals surface area contributed by atoms with Crippen LogP contribution in [0.1, 0.15) is 30.0 Å². The molecule has 2 fully saturated rings. The van der Waals surface area contributed by atoms with Gasteiger partial charge in [0.05, 0.1) is 0 Å². The van der Waals surface area contributed by atoms with E-state index in [1.807, 2.05) is 19.1 Å². The van der Waals surface area contributed by atoms with Crippen LogP contribution >= 0.6 is 24.8 Å². The van der Waals surface area contributed by atoms with Gasteiger partial charge in [-0.25, -0.2) is 4.39 Å². The highest BCUT2D eigenvalue weighted by Crippen LogP contribution is 2.36. The van der Waals surface area contributed by atoms with Crippen LogP contribution in [0.25, 0.3) is 0 Å². The first-order valence-electron chi connectivity index (χ1n) is 8.04. The molecular weight excluding hydrogens is 338 g/mol. The molecule has 2 heterocycles. The quantitative estimate of drug-likeness (QED) is 0.889. The van der Waals surface area contributed by atoms with Gasteiger partial charge < -0.3 is 10.1 Å². The minimum atomic E-state index is -0.0596. The highest BCUT2D eigenvalue weighted by molar-refractivity contribution is 5.85. The standard InChI is InChI=1S/C17H25FN2O.2ClH/c1-13-2-3-16(18)15(12-13)17(14-4-10-21-11-5-14)20-8-6-19-7-9-20;;/h2-3,12,14,17,19H,4-11H2,1H3;2*1H/t17-;;/m0../s1. The average molecular weight is 365 g/mol. The van der Waals surface area contributed by atoms with E-state index >= 15 is 0 Å². The molecule has 0 aliphatic carbocycles. The maximum absolute atomic E-state index is 14.5. The van der Waals surface area contributed by atoms with Gasteiger partial charge in [-0.1, -0.05) is 17.7 Å². The van der Waals surface area contributed by atoms with Crippen molar-refractivity contribution in [2.75, 3.05) is 39.4 Å². The summed E-state index contributed by atoms with van der Waals surface area (Å²) < 4.78 is 20.0. The van der Waals surface area contributed by atoms with E-state index in [1.54, 1.807) is 6.07 Å². The van der Waals surface area contributed by atoms with E-state index in [4.69, 9.17) is 4.74 Å². The predicted octanol–water partition coefficient (Wildman–Crippen LogP) is 3.35. The number of benzene rings is 1. The first-order valence-corrected chi connectivity index (χ1v) is 8.04. The smallest absolute Gasteiger partial charge is 0.128 e. The summed E-state index contributed by atoms with van der Waals surface area (Å²) in [6, 6.07) is 5.71. The Bertz CT molecular complexity index is 460. The van der Waals surface area contributed by atoms with Crippen molar-refractivity contribution in [3.8, 4) is 0 Å². The Morgan fingerprint density at radius 3 is 2.48 bits per heavy atom. The summed E-state index contributed by atoms with van der Waals surface area (Å²) in [5, 5.41) is 3.39. The average Bonchev–Trinajstić information content (AvgIpc) is 2.53. The van der Waals surface area contributed by atoms with Gasteiger partial charge in [0.25, 0.3) is 0 Å². The Labute approximate surface area is 150 Å². The Morgan fingerprint density at radius 1 is 1.17 bits per heavy atom. The lowest BCUT2D eigenvalue weighted by Crippen LogP contribution is -2.47. The summed E-state index contributed by atoms with van der Waals surface area (Å²) in [4.78, 5) is 2.46. The van der Waals surface area contributed by atoms with Crippen LogP contribution in [0.2, 0.25) is 0 Å².